The molecule has 5 nitrogen and oxygen atoms in total. The lowest BCUT2D eigenvalue weighted by molar-refractivity contribution is -0.385. The van der Waals surface area contributed by atoms with Gasteiger partial charge >= 0.3 is 5.97 Å². The number of benzene rings is 1. The normalized spacial score (nSPS) is 10.5. The molecule has 17 heavy (non-hydrogen) atoms. The van der Waals surface area contributed by atoms with Crippen molar-refractivity contribution in [2.24, 2.45) is 0 Å². The van der Waals surface area contributed by atoms with E-state index in [1.54, 1.807) is 6.92 Å². The first-order valence-corrected chi connectivity index (χ1v) is 5.21. The van der Waals surface area contributed by atoms with Gasteiger partial charge in [0.05, 0.1) is 17.1 Å². The molecule has 0 heterocycles. The third-order valence-corrected chi connectivity index (χ3v) is 2.11. The summed E-state index contributed by atoms with van der Waals surface area (Å²) >= 11 is 5.65. The summed E-state index contributed by atoms with van der Waals surface area (Å²) in [4.78, 5) is 21.2. The first-order valence-electron chi connectivity index (χ1n) is 4.83. The molecular weight excluding hydrogens is 246 g/mol. The molecule has 0 bridgehead atoms. The van der Waals surface area contributed by atoms with Crippen molar-refractivity contribution in [3.05, 3.63) is 45.0 Å². The highest BCUT2D eigenvalue weighted by Crippen LogP contribution is 2.24. The van der Waals surface area contributed by atoms with Gasteiger partial charge in [0.2, 0.25) is 0 Å². The van der Waals surface area contributed by atoms with Gasteiger partial charge in [0.1, 0.15) is 0 Å². The minimum absolute atomic E-state index is 0.155. The molecule has 0 aliphatic heterocycles. The van der Waals surface area contributed by atoms with E-state index in [-0.39, 0.29) is 17.3 Å². The Kier molecular flexibility index (Phi) is 4.66. The van der Waals surface area contributed by atoms with Gasteiger partial charge in [-0.15, -0.1) is 0 Å². The molecule has 6 heteroatoms. The Morgan fingerprint density at radius 3 is 2.88 bits per heavy atom. The third-order valence-electron chi connectivity index (χ3n) is 1.87. The highest BCUT2D eigenvalue weighted by molar-refractivity contribution is 6.30. The van der Waals surface area contributed by atoms with Crippen molar-refractivity contribution in [1.29, 1.82) is 0 Å². The molecule has 0 saturated carbocycles. The second-order valence-corrected chi connectivity index (χ2v) is 3.48. The molecule has 0 saturated heterocycles. The van der Waals surface area contributed by atoms with E-state index in [9.17, 15) is 14.9 Å². The molecule has 0 aliphatic carbocycles. The standard InChI is InChI=1S/C11H10ClNO4/c1-2-17-11(14)6-4-8-3-5-9(12)7-10(8)13(15)16/h3-7H,2H2,1H3/b6-4+. The van der Waals surface area contributed by atoms with E-state index in [0.717, 1.165) is 6.08 Å². The van der Waals surface area contributed by atoms with Crippen LogP contribution in [0.5, 0.6) is 0 Å². The van der Waals surface area contributed by atoms with Crippen LogP contribution in [0.3, 0.4) is 0 Å². The fourth-order valence-corrected chi connectivity index (χ4v) is 1.33. The number of carbonyl (C=O) groups is 1. The molecule has 0 spiro atoms. The second kappa shape index (κ2) is 6.00. The second-order valence-electron chi connectivity index (χ2n) is 3.05. The molecular formula is C11H10ClNO4. The maximum atomic E-state index is 11.1. The lowest BCUT2D eigenvalue weighted by atomic mass is 10.1. The van der Waals surface area contributed by atoms with Crippen LogP contribution in [-0.4, -0.2) is 17.5 Å². The number of halogens is 1. The largest absolute Gasteiger partial charge is 0.463 e. The third kappa shape index (κ3) is 3.88. The Morgan fingerprint density at radius 1 is 1.59 bits per heavy atom. The van der Waals surface area contributed by atoms with Gasteiger partial charge in [-0.1, -0.05) is 11.6 Å². The van der Waals surface area contributed by atoms with Gasteiger partial charge in [0, 0.05) is 17.2 Å². The van der Waals surface area contributed by atoms with Gasteiger partial charge in [-0.3, -0.25) is 10.1 Å². The molecule has 0 fully saturated rings. The Balaban J connectivity index is 2.98. The number of rotatable bonds is 4. The number of ether oxygens (including phenoxy) is 1. The van der Waals surface area contributed by atoms with Crippen molar-refractivity contribution in [3.8, 4) is 0 Å². The molecule has 1 aromatic carbocycles. The molecule has 0 amide bonds. The van der Waals surface area contributed by atoms with Crippen molar-refractivity contribution in [2.45, 2.75) is 6.92 Å². The lowest BCUT2D eigenvalue weighted by Gasteiger charge is -1.98. The smallest absolute Gasteiger partial charge is 0.330 e. The zero-order valence-electron chi connectivity index (χ0n) is 9.05. The van der Waals surface area contributed by atoms with Crippen molar-refractivity contribution in [2.75, 3.05) is 6.61 Å². The number of hydrogen-bond donors (Lipinski definition) is 0. The number of nitrogens with zero attached hydrogens (tertiary/aromatic N) is 1. The Bertz CT molecular complexity index is 471. The predicted molar refractivity (Wildman–Crippen MR) is 63.8 cm³/mol. The van der Waals surface area contributed by atoms with Gasteiger partial charge in [-0.05, 0) is 25.1 Å². The van der Waals surface area contributed by atoms with Gasteiger partial charge in [-0.2, -0.15) is 0 Å². The van der Waals surface area contributed by atoms with Crippen LogP contribution in [0.1, 0.15) is 12.5 Å². The van der Waals surface area contributed by atoms with E-state index >= 15 is 0 Å². The van der Waals surface area contributed by atoms with E-state index in [1.807, 2.05) is 0 Å². The van der Waals surface area contributed by atoms with Crippen LogP contribution < -0.4 is 0 Å². The van der Waals surface area contributed by atoms with Crippen molar-refractivity contribution in [3.63, 3.8) is 0 Å². The van der Waals surface area contributed by atoms with Crippen molar-refractivity contribution >= 4 is 29.3 Å². The maximum absolute atomic E-state index is 11.1. The molecule has 0 unspecified atom stereocenters. The number of nitro groups is 1. The molecule has 1 rings (SSSR count). The summed E-state index contributed by atoms with van der Waals surface area (Å²) in [7, 11) is 0. The zero-order valence-corrected chi connectivity index (χ0v) is 9.81. The summed E-state index contributed by atoms with van der Waals surface area (Å²) in [5.41, 5.74) is 0.144. The van der Waals surface area contributed by atoms with Crippen LogP contribution in [0.15, 0.2) is 24.3 Å². The molecule has 1 aromatic rings. The van der Waals surface area contributed by atoms with Gasteiger partial charge < -0.3 is 4.74 Å². The molecule has 0 aromatic heterocycles. The van der Waals surface area contributed by atoms with Gasteiger partial charge in [0.25, 0.3) is 5.69 Å². The number of nitro benzene ring substituents is 1. The summed E-state index contributed by atoms with van der Waals surface area (Å²) in [6.45, 7) is 1.93. The molecule has 90 valence electrons. The SMILES string of the molecule is CCOC(=O)/C=C/c1ccc(Cl)cc1[N+](=O)[O-]. The molecule has 0 N–H and O–H groups in total. The van der Waals surface area contributed by atoms with Crippen LogP contribution in [0, 0.1) is 10.1 Å². The fourth-order valence-electron chi connectivity index (χ4n) is 1.16. The monoisotopic (exact) mass is 255 g/mol. The first-order chi connectivity index (χ1) is 8.04. The lowest BCUT2D eigenvalue weighted by Crippen LogP contribution is -1.99. The fraction of sp³-hybridized carbons (Fsp3) is 0.182. The quantitative estimate of drug-likeness (QED) is 0.359. The first kappa shape index (κ1) is 13.2. The molecule has 0 atom stereocenters. The zero-order chi connectivity index (χ0) is 12.8. The molecule has 0 aliphatic rings. The summed E-state index contributed by atoms with van der Waals surface area (Å²) in [6.07, 6.45) is 2.46. The Morgan fingerprint density at radius 2 is 2.29 bits per heavy atom. The van der Waals surface area contributed by atoms with Crippen LogP contribution >= 0.6 is 11.6 Å². The minimum atomic E-state index is -0.559. The van der Waals surface area contributed by atoms with Crippen LogP contribution in [-0.2, 0) is 9.53 Å². The number of carbonyl (C=O) groups excluding carboxylic acids is 1. The average Bonchev–Trinajstić information content (AvgIpc) is 2.27. The van der Waals surface area contributed by atoms with E-state index < -0.39 is 10.9 Å². The maximum Gasteiger partial charge on any atom is 0.330 e. The van der Waals surface area contributed by atoms with E-state index in [0.29, 0.717) is 5.56 Å². The summed E-state index contributed by atoms with van der Waals surface area (Å²) in [5, 5.41) is 11.0. The van der Waals surface area contributed by atoms with Gasteiger partial charge in [-0.25, -0.2) is 4.79 Å². The van der Waals surface area contributed by atoms with Crippen molar-refractivity contribution < 1.29 is 14.5 Å². The summed E-state index contributed by atoms with van der Waals surface area (Å²) < 4.78 is 4.67. The summed E-state index contributed by atoms with van der Waals surface area (Å²) in [5.74, 6) is -0.545. The van der Waals surface area contributed by atoms with E-state index in [1.165, 1.54) is 24.3 Å². The van der Waals surface area contributed by atoms with E-state index in [4.69, 9.17) is 11.6 Å². The topological polar surface area (TPSA) is 69.4 Å². The number of hydrogen-bond acceptors (Lipinski definition) is 4. The summed E-state index contributed by atoms with van der Waals surface area (Å²) in [6, 6.07) is 4.21. The van der Waals surface area contributed by atoms with Gasteiger partial charge in [0.15, 0.2) is 0 Å². The van der Waals surface area contributed by atoms with Crippen LogP contribution in [0.4, 0.5) is 5.69 Å². The Labute approximate surface area is 103 Å². The number of esters is 1. The Hall–Kier alpha value is -1.88. The average molecular weight is 256 g/mol. The van der Waals surface area contributed by atoms with Crippen LogP contribution in [0.25, 0.3) is 6.08 Å². The highest BCUT2D eigenvalue weighted by atomic mass is 35.5. The minimum Gasteiger partial charge on any atom is -0.463 e. The van der Waals surface area contributed by atoms with Crippen molar-refractivity contribution in [1.82, 2.24) is 0 Å². The van der Waals surface area contributed by atoms with Crippen LogP contribution in [0.2, 0.25) is 5.02 Å². The van der Waals surface area contributed by atoms with E-state index in [2.05, 4.69) is 4.74 Å². The predicted octanol–water partition coefficient (Wildman–Crippen LogP) is 2.82. The highest BCUT2D eigenvalue weighted by Gasteiger charge is 2.12. The molecule has 0 radical (unpaired) electrons.